The number of carboxylic acid groups (broad SMARTS) is 2. The number of rotatable bonds is 20. The minimum atomic E-state index is -5.08. The first-order chi connectivity index (χ1) is 36.9. The molecule has 2 amide bonds. The lowest BCUT2D eigenvalue weighted by Gasteiger charge is -2.44. The SMILES string of the molecule is C=C(C)NCCCC(NC(=O)C1(C(=O)O)CCC1)C(=O)Nc1ccc(COc2ccccc2C2=CC(N3CC4CCC(C3)N4c3ccnc(OCCN4CCNCC4C)c3)=C(N)NN2)cc1.CC.CC.O=C(O)C(F)(F)F. The van der Waals surface area contributed by atoms with Gasteiger partial charge in [0, 0.05) is 98.8 Å². The Bertz CT molecular complexity index is 2510. The first-order valence-electron chi connectivity index (χ1n) is 26.6. The fourth-order valence-electron chi connectivity index (χ4n) is 9.63. The average Bonchev–Trinajstić information content (AvgIpc) is 3.69. The molecule has 4 unspecified atom stereocenters. The van der Waals surface area contributed by atoms with Gasteiger partial charge < -0.3 is 56.5 Å². The van der Waals surface area contributed by atoms with Crippen molar-refractivity contribution in [2.45, 2.75) is 123 Å². The highest BCUT2D eigenvalue weighted by atomic mass is 19.4. The Morgan fingerprint density at radius 1 is 0.974 bits per heavy atom. The van der Waals surface area contributed by atoms with E-state index in [-0.39, 0.29) is 19.4 Å². The number of allylic oxidation sites excluding steroid dienone is 2. The van der Waals surface area contributed by atoms with Crippen LogP contribution in [0.3, 0.4) is 0 Å². The quantitative estimate of drug-likeness (QED) is 0.0431. The number of alkyl halides is 3. The second-order valence-electron chi connectivity index (χ2n) is 19.0. The van der Waals surface area contributed by atoms with Crippen molar-refractivity contribution in [1.29, 1.82) is 0 Å². The third-order valence-electron chi connectivity index (χ3n) is 13.8. The summed E-state index contributed by atoms with van der Waals surface area (Å²) in [5.74, 6) is -3.04. The summed E-state index contributed by atoms with van der Waals surface area (Å²) in [5, 5.41) is 29.2. The van der Waals surface area contributed by atoms with E-state index in [0.717, 1.165) is 86.0 Å². The first kappa shape index (κ1) is 60.7. The van der Waals surface area contributed by atoms with Gasteiger partial charge in [0.2, 0.25) is 17.7 Å². The Kier molecular flexibility index (Phi) is 22.7. The number of para-hydroxylation sites is 1. The number of benzene rings is 2. The predicted octanol–water partition coefficient (Wildman–Crippen LogP) is 6.53. The Balaban J connectivity index is 0.000000911. The van der Waals surface area contributed by atoms with E-state index in [1.807, 2.05) is 77.2 Å². The number of hydrogen-bond acceptors (Lipinski definition) is 15. The molecule has 422 valence electrons. The predicted molar refractivity (Wildman–Crippen MR) is 290 cm³/mol. The van der Waals surface area contributed by atoms with Crippen LogP contribution in [-0.4, -0.2) is 132 Å². The van der Waals surface area contributed by atoms with Crippen molar-refractivity contribution < 1.29 is 52.0 Å². The molecule has 1 saturated carbocycles. The van der Waals surface area contributed by atoms with Gasteiger partial charge in [0.25, 0.3) is 0 Å². The van der Waals surface area contributed by atoms with Crippen molar-refractivity contribution in [2.24, 2.45) is 11.1 Å². The molecule has 1 aromatic heterocycles. The number of carboxylic acids is 2. The summed E-state index contributed by atoms with van der Waals surface area (Å²) in [6, 6.07) is 19.6. The Morgan fingerprint density at radius 3 is 2.26 bits per heavy atom. The molecule has 22 heteroatoms. The molecular formula is C55H78F3N11O8. The smallest absolute Gasteiger partial charge is 0.488 e. The molecule has 3 aromatic rings. The molecule has 4 atom stereocenters. The molecule has 1 aliphatic carbocycles. The number of ether oxygens (including phenoxy) is 2. The number of pyridine rings is 1. The third kappa shape index (κ3) is 16.4. The summed E-state index contributed by atoms with van der Waals surface area (Å²) < 4.78 is 44.3. The van der Waals surface area contributed by atoms with Crippen LogP contribution >= 0.6 is 0 Å². The third-order valence-corrected chi connectivity index (χ3v) is 13.8. The summed E-state index contributed by atoms with van der Waals surface area (Å²) in [4.78, 5) is 59.5. The van der Waals surface area contributed by atoms with E-state index in [1.54, 1.807) is 12.1 Å². The highest BCUT2D eigenvalue weighted by molar-refractivity contribution is 6.05. The maximum Gasteiger partial charge on any atom is 0.490 e. The monoisotopic (exact) mass is 1080 g/mol. The fraction of sp³-hybridized carbons (Fsp3) is 0.509. The summed E-state index contributed by atoms with van der Waals surface area (Å²) in [5.41, 5.74) is 17.6. The molecule has 0 radical (unpaired) electrons. The molecule has 8 rings (SSSR count). The number of fused-ring (bicyclic) bond motifs is 2. The van der Waals surface area contributed by atoms with E-state index in [1.165, 1.54) is 0 Å². The highest BCUT2D eigenvalue weighted by Crippen LogP contribution is 2.42. The first-order valence-corrected chi connectivity index (χ1v) is 26.6. The number of nitrogens with one attached hydrogen (secondary N) is 6. The number of hydrazine groups is 1. The summed E-state index contributed by atoms with van der Waals surface area (Å²) >= 11 is 0. The number of carbonyl (C=O) groups excluding carboxylic acids is 2. The van der Waals surface area contributed by atoms with Gasteiger partial charge in [-0.05, 0) is 94.3 Å². The van der Waals surface area contributed by atoms with E-state index in [9.17, 15) is 32.7 Å². The number of aromatic nitrogens is 1. The van der Waals surface area contributed by atoms with Crippen molar-refractivity contribution >= 4 is 40.8 Å². The fourth-order valence-corrected chi connectivity index (χ4v) is 9.63. The number of halogens is 3. The number of anilines is 2. The molecule has 2 aromatic carbocycles. The van der Waals surface area contributed by atoms with E-state index in [2.05, 4.69) is 83.5 Å². The van der Waals surface area contributed by atoms with Crippen LogP contribution in [0.25, 0.3) is 5.70 Å². The zero-order valence-corrected chi connectivity index (χ0v) is 45.1. The van der Waals surface area contributed by atoms with E-state index in [0.29, 0.717) is 73.7 Å². The van der Waals surface area contributed by atoms with Crippen molar-refractivity contribution in [3.63, 3.8) is 0 Å². The van der Waals surface area contributed by atoms with E-state index in [4.69, 9.17) is 25.1 Å². The number of amides is 2. The molecule has 5 heterocycles. The molecule has 4 fully saturated rings. The van der Waals surface area contributed by atoms with Gasteiger partial charge >= 0.3 is 18.1 Å². The van der Waals surface area contributed by atoms with Crippen molar-refractivity contribution in [1.82, 2.24) is 41.6 Å². The van der Waals surface area contributed by atoms with Crippen molar-refractivity contribution in [3.8, 4) is 11.6 Å². The number of aliphatic carboxylic acids is 2. The lowest BCUT2D eigenvalue weighted by molar-refractivity contribution is -0.192. The van der Waals surface area contributed by atoms with Crippen LogP contribution in [0.1, 0.15) is 97.6 Å². The zero-order valence-electron chi connectivity index (χ0n) is 45.1. The van der Waals surface area contributed by atoms with E-state index >= 15 is 0 Å². The van der Waals surface area contributed by atoms with E-state index < -0.39 is 41.4 Å². The minimum Gasteiger partial charge on any atom is -0.488 e. The van der Waals surface area contributed by atoms with Gasteiger partial charge in [-0.2, -0.15) is 13.2 Å². The number of piperazine rings is 2. The highest BCUT2D eigenvalue weighted by Gasteiger charge is 2.52. The zero-order chi connectivity index (χ0) is 56.3. The second-order valence-corrected chi connectivity index (χ2v) is 19.0. The van der Waals surface area contributed by atoms with Gasteiger partial charge in [-0.3, -0.25) is 30.1 Å². The van der Waals surface area contributed by atoms with Gasteiger partial charge in [-0.15, -0.1) is 0 Å². The number of hydrogen-bond donors (Lipinski definition) is 9. The number of likely N-dealkylation sites (tertiary alicyclic amines) is 1. The van der Waals surface area contributed by atoms with Crippen LogP contribution in [0.5, 0.6) is 11.6 Å². The molecular weight excluding hydrogens is 1000 g/mol. The van der Waals surface area contributed by atoms with Gasteiger partial charge in [0.1, 0.15) is 36.2 Å². The lowest BCUT2D eigenvalue weighted by atomic mass is 9.68. The molecule has 19 nitrogen and oxygen atoms in total. The standard InChI is InChI=1S/C49H65N11O6.C2HF3O2.2C2H6/c1-32(2)52-20-6-9-40(55-47(62)49(48(63)64)18-7-19-49)46(61)54-35-13-11-34(12-14-35)31-66-43-10-5-4-8-39(43)41-27-42(45(50)57-56-41)59-29-37-15-16-38(30-59)60(37)36-17-21-53-44(26-36)65-25-24-58-23-22-51-28-33(58)3;3-2(4,5)1(6)7;2*1-2/h4-5,8,10-14,17,21,26-27,33,37-38,40,51-52,56-57H,1,6-7,9,15-16,18-20,22-25,28-31,50H2,2-3H3,(H,54,61)(H,55,62)(H,63,64);(H,6,7);2*1-2H3. The Morgan fingerprint density at radius 2 is 1.65 bits per heavy atom. The summed E-state index contributed by atoms with van der Waals surface area (Å²) in [6.07, 6.45) is 3.10. The molecule has 4 aliphatic heterocycles. The van der Waals surface area contributed by atoms with Crippen molar-refractivity contribution in [3.05, 3.63) is 108 Å². The topological polar surface area (TPSA) is 248 Å². The second kappa shape index (κ2) is 28.8. The van der Waals surface area contributed by atoms with Crippen molar-refractivity contribution in [2.75, 3.05) is 62.6 Å². The summed E-state index contributed by atoms with van der Waals surface area (Å²) in [7, 11) is 0. The Hall–Kier alpha value is -7.20. The molecule has 5 aliphatic rings. The maximum absolute atomic E-state index is 13.5. The number of nitrogens with two attached hydrogens (primary N) is 1. The van der Waals surface area contributed by atoms with Crippen LogP contribution in [-0.2, 0) is 25.8 Å². The summed E-state index contributed by atoms with van der Waals surface area (Å²) in [6.45, 7) is 22.9. The average molecular weight is 1080 g/mol. The molecule has 2 bridgehead atoms. The number of nitrogens with zero attached hydrogens (tertiary/aromatic N) is 4. The van der Waals surface area contributed by atoms with Crippen LogP contribution in [0.15, 0.2) is 96.7 Å². The van der Waals surface area contributed by atoms with Gasteiger partial charge in [-0.1, -0.05) is 65.0 Å². The molecule has 10 N–H and O–H groups in total. The van der Waals surface area contributed by atoms with Gasteiger partial charge in [-0.25, -0.2) is 9.78 Å². The van der Waals surface area contributed by atoms with Gasteiger partial charge in [0.05, 0.1) is 11.4 Å². The van der Waals surface area contributed by atoms with Crippen LogP contribution in [0.2, 0.25) is 0 Å². The largest absolute Gasteiger partial charge is 0.490 e. The molecule has 3 saturated heterocycles. The molecule has 0 spiro atoms. The van der Waals surface area contributed by atoms with Crippen LogP contribution in [0.4, 0.5) is 24.5 Å². The minimum absolute atomic E-state index is 0.257. The lowest BCUT2D eigenvalue weighted by Crippen LogP contribution is -2.55. The van der Waals surface area contributed by atoms with Gasteiger partial charge in [0.15, 0.2) is 0 Å². The maximum atomic E-state index is 13.5. The normalized spacial score (nSPS) is 19.7. The number of carbonyl (C=O) groups is 4. The molecule has 77 heavy (non-hydrogen) atoms. The Labute approximate surface area is 449 Å². The van der Waals surface area contributed by atoms with Crippen LogP contribution < -0.4 is 52.2 Å². The van der Waals surface area contributed by atoms with Crippen LogP contribution in [0, 0.1) is 5.41 Å².